The van der Waals surface area contributed by atoms with Crippen molar-refractivity contribution in [3.05, 3.63) is 108 Å². The lowest BCUT2D eigenvalue weighted by Crippen LogP contribution is -2.74. The van der Waals surface area contributed by atoms with E-state index in [4.69, 9.17) is 0 Å². The normalized spacial score (nSPS) is 12.8. The standard InChI is InChI=1S/C30H34Si/c1-29(2,3)23-17-19-27(21-23)31(25-13-9-7-10-14-25,26-15-11-8-12-16-26)28-20-18-24(22-28)30(4,5)6/h7-22H,1-6H3/q-2. The van der Waals surface area contributed by atoms with Crippen molar-refractivity contribution < 1.29 is 0 Å². The lowest BCUT2D eigenvalue weighted by atomic mass is 9.89. The van der Waals surface area contributed by atoms with Gasteiger partial charge in [0.15, 0.2) is 0 Å². The van der Waals surface area contributed by atoms with Crippen molar-refractivity contribution >= 4 is 28.8 Å². The summed E-state index contributed by atoms with van der Waals surface area (Å²) in [7, 11) is -2.42. The minimum atomic E-state index is -2.42. The fourth-order valence-corrected chi connectivity index (χ4v) is 9.46. The molecule has 4 rings (SSSR count). The highest BCUT2D eigenvalue weighted by Crippen LogP contribution is 2.25. The molecule has 160 valence electrons. The summed E-state index contributed by atoms with van der Waals surface area (Å²) in [5, 5.41) is 5.83. The first-order valence-corrected chi connectivity index (χ1v) is 13.3. The Balaban J connectivity index is 2.08. The number of rotatable bonds is 4. The zero-order chi connectivity index (χ0) is 22.3. The molecule has 0 aromatic heterocycles. The van der Waals surface area contributed by atoms with E-state index in [1.54, 1.807) is 0 Å². The van der Waals surface area contributed by atoms with E-state index in [0.717, 1.165) is 0 Å². The Morgan fingerprint density at radius 3 is 1.65 bits per heavy atom. The van der Waals surface area contributed by atoms with E-state index < -0.39 is 8.07 Å². The molecule has 0 unspecified atom stereocenters. The molecule has 0 nitrogen and oxygen atoms in total. The first-order chi connectivity index (χ1) is 14.6. The van der Waals surface area contributed by atoms with E-state index in [-0.39, 0.29) is 10.8 Å². The Hall–Kier alpha value is -2.64. The SMILES string of the molecule is CC(C)(C)c1cc[c-]([Si](c2ccccc2)(c2ccccc2)c2c[cH-]c(C(C)(C)C)c2)c1. The predicted octanol–water partition coefficient (Wildman–Crippen LogP) is 5.10. The van der Waals surface area contributed by atoms with E-state index >= 15 is 0 Å². The summed E-state index contributed by atoms with van der Waals surface area (Å²) in [6.07, 6.45) is 0. The van der Waals surface area contributed by atoms with Gasteiger partial charge in [0.2, 0.25) is 0 Å². The molecule has 0 N–H and O–H groups in total. The van der Waals surface area contributed by atoms with Crippen molar-refractivity contribution in [2.45, 2.75) is 52.4 Å². The maximum atomic E-state index is 2.48. The van der Waals surface area contributed by atoms with Gasteiger partial charge in [0, 0.05) is 0 Å². The van der Waals surface area contributed by atoms with Gasteiger partial charge in [-0.3, -0.25) is 0 Å². The Bertz CT molecular complexity index is 1030. The minimum absolute atomic E-state index is 0.133. The summed E-state index contributed by atoms with van der Waals surface area (Å²) >= 11 is 0. The largest absolute Gasteiger partial charge is 0.210 e. The van der Waals surface area contributed by atoms with Crippen LogP contribution in [-0.2, 0) is 10.8 Å². The molecule has 0 spiro atoms. The zero-order valence-electron chi connectivity index (χ0n) is 19.7. The van der Waals surface area contributed by atoms with Crippen LogP contribution >= 0.6 is 0 Å². The molecular formula is C30H34Si-2. The maximum Gasteiger partial charge on any atom is 0.0546 e. The molecular weight excluding hydrogens is 388 g/mol. The highest BCUT2D eigenvalue weighted by atomic mass is 28.3. The fourth-order valence-electron chi connectivity index (χ4n) is 4.66. The van der Waals surface area contributed by atoms with Crippen molar-refractivity contribution in [3.63, 3.8) is 0 Å². The van der Waals surface area contributed by atoms with Crippen molar-refractivity contribution in [3.8, 4) is 0 Å². The summed E-state index contributed by atoms with van der Waals surface area (Å²) in [6, 6.07) is 36.9. The third-order valence-corrected chi connectivity index (χ3v) is 11.3. The quantitative estimate of drug-likeness (QED) is 0.317. The number of hydrogen-bond acceptors (Lipinski definition) is 0. The highest BCUT2D eigenvalue weighted by molar-refractivity contribution is 7.20. The molecule has 4 aromatic rings. The number of benzene rings is 2. The lowest BCUT2D eigenvalue weighted by Gasteiger charge is -2.42. The summed E-state index contributed by atoms with van der Waals surface area (Å²) in [6.45, 7) is 13.8. The summed E-state index contributed by atoms with van der Waals surface area (Å²) in [5.74, 6) is 0. The van der Waals surface area contributed by atoms with Gasteiger partial charge in [-0.1, -0.05) is 118 Å². The number of hydrogen-bond donors (Lipinski definition) is 0. The van der Waals surface area contributed by atoms with Crippen LogP contribution in [0.2, 0.25) is 0 Å². The average Bonchev–Trinajstić information content (AvgIpc) is 3.41. The Morgan fingerprint density at radius 1 is 0.677 bits per heavy atom. The van der Waals surface area contributed by atoms with Gasteiger partial charge in [-0.2, -0.15) is 45.8 Å². The first kappa shape index (κ1) is 21.6. The lowest BCUT2D eigenvalue weighted by molar-refractivity contribution is 0.592. The second-order valence-corrected chi connectivity index (χ2v) is 14.6. The molecule has 0 aliphatic heterocycles. The van der Waals surface area contributed by atoms with Crippen LogP contribution in [0.3, 0.4) is 0 Å². The monoisotopic (exact) mass is 422 g/mol. The summed E-state index contributed by atoms with van der Waals surface area (Å²) in [4.78, 5) is 0. The van der Waals surface area contributed by atoms with Crippen LogP contribution in [0.15, 0.2) is 97.1 Å². The first-order valence-electron chi connectivity index (χ1n) is 11.3. The van der Waals surface area contributed by atoms with Crippen LogP contribution in [0.25, 0.3) is 0 Å². The van der Waals surface area contributed by atoms with Crippen molar-refractivity contribution in [2.75, 3.05) is 0 Å². The molecule has 0 aliphatic carbocycles. The van der Waals surface area contributed by atoms with Gasteiger partial charge in [-0.15, -0.1) is 0 Å². The summed E-state index contributed by atoms with van der Waals surface area (Å²) < 4.78 is 0. The van der Waals surface area contributed by atoms with Crippen LogP contribution in [0.5, 0.6) is 0 Å². The van der Waals surface area contributed by atoms with Crippen LogP contribution < -0.4 is 20.7 Å². The summed E-state index contributed by atoms with van der Waals surface area (Å²) in [5.41, 5.74) is 3.09. The van der Waals surface area contributed by atoms with Crippen molar-refractivity contribution in [1.82, 2.24) is 0 Å². The smallest absolute Gasteiger partial charge is 0.0546 e. The zero-order valence-corrected chi connectivity index (χ0v) is 20.7. The second-order valence-electron chi connectivity index (χ2n) is 10.8. The molecule has 0 bridgehead atoms. The van der Waals surface area contributed by atoms with Gasteiger partial charge in [0.1, 0.15) is 0 Å². The molecule has 0 atom stereocenters. The van der Waals surface area contributed by atoms with Gasteiger partial charge < -0.3 is 0 Å². The molecule has 0 heterocycles. The molecule has 0 saturated heterocycles. The van der Waals surface area contributed by atoms with E-state index in [2.05, 4.69) is 139 Å². The third-order valence-electron chi connectivity index (χ3n) is 6.52. The topological polar surface area (TPSA) is 0 Å². The van der Waals surface area contributed by atoms with E-state index in [9.17, 15) is 0 Å². The van der Waals surface area contributed by atoms with Crippen LogP contribution in [0.1, 0.15) is 52.7 Å². The third kappa shape index (κ3) is 3.88. The van der Waals surface area contributed by atoms with Gasteiger partial charge in [0.05, 0.1) is 8.07 Å². The van der Waals surface area contributed by atoms with Crippen LogP contribution in [0.4, 0.5) is 0 Å². The van der Waals surface area contributed by atoms with E-state index in [0.29, 0.717) is 0 Å². The Labute approximate surface area is 189 Å². The van der Waals surface area contributed by atoms with Gasteiger partial charge in [-0.25, -0.2) is 12.1 Å². The molecule has 0 amide bonds. The predicted molar refractivity (Wildman–Crippen MR) is 139 cm³/mol. The van der Waals surface area contributed by atoms with E-state index in [1.165, 1.54) is 31.9 Å². The molecule has 1 heteroatoms. The van der Waals surface area contributed by atoms with Crippen molar-refractivity contribution in [2.24, 2.45) is 0 Å². The van der Waals surface area contributed by atoms with Gasteiger partial charge >= 0.3 is 0 Å². The van der Waals surface area contributed by atoms with Gasteiger partial charge in [-0.05, 0) is 5.41 Å². The molecule has 0 fully saturated rings. The van der Waals surface area contributed by atoms with Crippen molar-refractivity contribution in [1.29, 1.82) is 0 Å². The molecule has 31 heavy (non-hydrogen) atoms. The maximum absolute atomic E-state index is 2.48. The molecule has 0 aliphatic rings. The Morgan fingerprint density at radius 2 is 1.23 bits per heavy atom. The minimum Gasteiger partial charge on any atom is -0.210 e. The molecule has 0 saturated carbocycles. The fraction of sp³-hybridized carbons (Fsp3) is 0.267. The van der Waals surface area contributed by atoms with Gasteiger partial charge in [0.25, 0.3) is 0 Å². The van der Waals surface area contributed by atoms with Crippen LogP contribution in [-0.4, -0.2) is 8.07 Å². The second kappa shape index (κ2) is 7.80. The molecule has 4 aromatic carbocycles. The molecule has 0 radical (unpaired) electrons. The van der Waals surface area contributed by atoms with E-state index in [1.807, 2.05) is 0 Å². The highest BCUT2D eigenvalue weighted by Gasteiger charge is 2.33. The Kier molecular flexibility index (Phi) is 5.43. The average molecular weight is 423 g/mol. The van der Waals surface area contributed by atoms with Crippen LogP contribution in [0, 0.1) is 0 Å².